The Morgan fingerprint density at radius 1 is 1.02 bits per heavy atom. The van der Waals surface area contributed by atoms with Gasteiger partial charge in [-0.1, -0.05) is 80.2 Å². The minimum atomic E-state index is -0.620. The van der Waals surface area contributed by atoms with E-state index in [9.17, 15) is 4.79 Å². The number of hydrogen-bond acceptors (Lipinski definition) is 6. The summed E-state index contributed by atoms with van der Waals surface area (Å²) in [5.41, 5.74) is 10.4. The predicted molar refractivity (Wildman–Crippen MR) is 185 cm³/mol. The first-order valence-electron chi connectivity index (χ1n) is 14.5. The maximum Gasteiger partial charge on any atom is 0.245 e. The molecule has 2 heterocycles. The molecule has 1 fully saturated rings. The lowest BCUT2D eigenvalue weighted by Gasteiger charge is -2.23. The number of halogens is 1. The number of hydrogen-bond donors (Lipinski definition) is 3. The van der Waals surface area contributed by atoms with Gasteiger partial charge in [-0.25, -0.2) is 0 Å². The molecular weight excluding hydrogens is 671 g/mol. The number of aliphatic imine (C=N–C) groups is 1. The molecule has 6 rings (SSSR count). The third-order valence-electron chi connectivity index (χ3n) is 7.54. The van der Waals surface area contributed by atoms with Crippen molar-refractivity contribution in [2.24, 2.45) is 16.6 Å². The van der Waals surface area contributed by atoms with E-state index in [2.05, 4.69) is 66.9 Å². The maximum atomic E-state index is 13.5. The van der Waals surface area contributed by atoms with Gasteiger partial charge in [-0.3, -0.25) is 9.79 Å². The molecule has 2 aliphatic heterocycles. The van der Waals surface area contributed by atoms with Gasteiger partial charge in [0.1, 0.15) is 11.9 Å². The van der Waals surface area contributed by atoms with Crippen molar-refractivity contribution in [2.45, 2.75) is 61.5 Å². The van der Waals surface area contributed by atoms with Gasteiger partial charge in [0.05, 0.1) is 30.6 Å². The highest BCUT2D eigenvalue weighted by Gasteiger charge is 2.33. The topological polar surface area (TPSA) is 98.0 Å². The molecule has 9 heteroatoms. The van der Waals surface area contributed by atoms with E-state index in [1.165, 1.54) is 15.7 Å². The molecule has 0 aliphatic carbocycles. The first kappa shape index (κ1) is 31.3. The number of fused-ring (bicyclic) bond motifs is 3. The van der Waals surface area contributed by atoms with Crippen molar-refractivity contribution < 1.29 is 14.3 Å². The van der Waals surface area contributed by atoms with Gasteiger partial charge in [-0.2, -0.15) is 0 Å². The number of rotatable bonds is 9. The van der Waals surface area contributed by atoms with Crippen molar-refractivity contribution in [3.63, 3.8) is 0 Å². The van der Waals surface area contributed by atoms with Crippen LogP contribution in [0.3, 0.4) is 0 Å². The first-order valence-corrected chi connectivity index (χ1v) is 15.3. The number of nitrogens with one attached hydrogen (secondary N) is 2. The largest absolute Gasteiger partial charge is 0.383 e. The number of benzene rings is 4. The van der Waals surface area contributed by atoms with Gasteiger partial charge in [0.15, 0.2) is 6.29 Å². The van der Waals surface area contributed by atoms with Crippen molar-refractivity contribution in [3.05, 3.63) is 96.1 Å². The summed E-state index contributed by atoms with van der Waals surface area (Å²) in [5.74, 6) is 0.438. The molecule has 0 aromatic heterocycles. The predicted octanol–water partition coefficient (Wildman–Crippen LogP) is 7.23. The van der Waals surface area contributed by atoms with Gasteiger partial charge in [-0.15, -0.1) is 24.0 Å². The number of ether oxygens (including phenoxy) is 2. The molecule has 7 nitrogen and oxygen atoms in total. The summed E-state index contributed by atoms with van der Waals surface area (Å²) in [6.45, 7) is 5.09. The van der Waals surface area contributed by atoms with Crippen LogP contribution in [0.1, 0.15) is 37.8 Å². The zero-order valence-electron chi connectivity index (χ0n) is 24.3. The molecule has 3 atom stereocenters. The lowest BCUT2D eigenvalue weighted by molar-refractivity contribution is -0.139. The van der Waals surface area contributed by atoms with Gasteiger partial charge in [0.2, 0.25) is 5.91 Å². The lowest BCUT2D eigenvalue weighted by Crippen LogP contribution is -2.46. The zero-order chi connectivity index (χ0) is 29.1. The molecule has 1 saturated heterocycles. The van der Waals surface area contributed by atoms with E-state index in [0.29, 0.717) is 31.9 Å². The summed E-state index contributed by atoms with van der Waals surface area (Å²) < 4.78 is 12.0. The fraction of sp³-hybridized carbons (Fsp3) is 0.294. The van der Waals surface area contributed by atoms with Crippen LogP contribution in [0.4, 0.5) is 11.4 Å². The molecule has 4 N–H and O–H groups in total. The Balaban J connectivity index is 0.00000368. The van der Waals surface area contributed by atoms with E-state index >= 15 is 0 Å². The quantitative estimate of drug-likeness (QED) is 0.0850. The normalized spacial score (nSPS) is 18.3. The van der Waals surface area contributed by atoms with Crippen LogP contribution in [0.2, 0.25) is 0 Å². The van der Waals surface area contributed by atoms with Crippen LogP contribution in [0.5, 0.6) is 0 Å². The van der Waals surface area contributed by atoms with Gasteiger partial charge in [0, 0.05) is 15.4 Å². The molecule has 0 bridgehead atoms. The van der Waals surface area contributed by atoms with Gasteiger partial charge < -0.3 is 25.8 Å². The smallest absolute Gasteiger partial charge is 0.245 e. The monoisotopic (exact) mass is 708 g/mol. The standard InChI is InChI=1S/C34H36N4O3S.HI/c1-21(2)17-29(37-32(35)25-13-14-31-28(19-25)36-26-9-5-6-10-30(26)42-31)33(39)38-27-15-16-40-34(27)41-20-22-11-12-23-7-3-4-8-24(23)18-22;/h3-14,18-19,21,27,29,34,36H,15-17,20H2,1-2H3,(H2,35,37)(H,38,39);1H/t27-,29-,34?;/m0./s1. The minimum absolute atomic E-state index is 0. The highest BCUT2D eigenvalue weighted by Crippen LogP contribution is 2.44. The Morgan fingerprint density at radius 2 is 1.79 bits per heavy atom. The fourth-order valence-electron chi connectivity index (χ4n) is 5.36. The Kier molecular flexibility index (Phi) is 10.3. The summed E-state index contributed by atoms with van der Waals surface area (Å²) in [6.07, 6.45) is 0.737. The number of anilines is 2. The van der Waals surface area contributed by atoms with Crippen LogP contribution in [0.25, 0.3) is 10.8 Å². The fourth-order valence-corrected chi connectivity index (χ4v) is 6.33. The van der Waals surface area contributed by atoms with Gasteiger partial charge >= 0.3 is 0 Å². The second-order valence-electron chi connectivity index (χ2n) is 11.2. The summed E-state index contributed by atoms with van der Waals surface area (Å²) in [5, 5.41) is 9.00. The molecule has 1 unspecified atom stereocenters. The van der Waals surface area contributed by atoms with E-state index < -0.39 is 12.3 Å². The second-order valence-corrected chi connectivity index (χ2v) is 12.3. The van der Waals surface area contributed by atoms with Crippen molar-refractivity contribution in [3.8, 4) is 0 Å². The van der Waals surface area contributed by atoms with E-state index in [-0.39, 0.29) is 41.8 Å². The number of amides is 1. The Hall–Kier alpha value is -3.12. The van der Waals surface area contributed by atoms with Crippen molar-refractivity contribution in [1.29, 1.82) is 0 Å². The maximum absolute atomic E-state index is 13.5. The summed E-state index contributed by atoms with van der Waals surface area (Å²) in [6, 6.07) is 27.9. The second kappa shape index (κ2) is 14.1. The first-order chi connectivity index (χ1) is 20.4. The van der Waals surface area contributed by atoms with Crippen LogP contribution >= 0.6 is 35.7 Å². The van der Waals surface area contributed by atoms with Crippen molar-refractivity contribution in [1.82, 2.24) is 5.32 Å². The van der Waals surface area contributed by atoms with Crippen LogP contribution < -0.4 is 16.4 Å². The lowest BCUT2D eigenvalue weighted by atomic mass is 10.0. The summed E-state index contributed by atoms with van der Waals surface area (Å²) in [7, 11) is 0. The molecular formula is C34H37IN4O3S. The van der Waals surface area contributed by atoms with Crippen molar-refractivity contribution >= 4 is 69.6 Å². The van der Waals surface area contributed by atoms with E-state index in [4.69, 9.17) is 20.2 Å². The number of carbonyl (C=O) groups is 1. The molecule has 4 aromatic rings. The van der Waals surface area contributed by atoms with Gasteiger partial charge in [0.25, 0.3) is 0 Å². The Labute approximate surface area is 274 Å². The molecule has 224 valence electrons. The van der Waals surface area contributed by atoms with Gasteiger partial charge in [-0.05, 0) is 65.4 Å². The molecule has 1 amide bonds. The van der Waals surface area contributed by atoms with Crippen LogP contribution in [-0.4, -0.2) is 36.7 Å². The number of nitrogens with two attached hydrogens (primary N) is 1. The summed E-state index contributed by atoms with van der Waals surface area (Å²) in [4.78, 5) is 20.6. The highest BCUT2D eigenvalue weighted by molar-refractivity contribution is 14.0. The number of carbonyl (C=O) groups excluding carboxylic acids is 1. The van der Waals surface area contributed by atoms with Crippen molar-refractivity contribution in [2.75, 3.05) is 11.9 Å². The van der Waals surface area contributed by atoms with Crippen LogP contribution in [0, 0.1) is 5.92 Å². The Morgan fingerprint density at radius 3 is 2.63 bits per heavy atom. The zero-order valence-corrected chi connectivity index (χ0v) is 27.4. The van der Waals surface area contributed by atoms with E-state index in [0.717, 1.165) is 27.4 Å². The molecule has 4 aromatic carbocycles. The Bertz CT molecular complexity index is 1630. The third-order valence-corrected chi connectivity index (χ3v) is 8.69. The number of nitrogens with zero attached hydrogens (tertiary/aromatic N) is 1. The third kappa shape index (κ3) is 7.52. The van der Waals surface area contributed by atoms with E-state index in [1.54, 1.807) is 11.8 Å². The van der Waals surface area contributed by atoms with Crippen LogP contribution in [0.15, 0.2) is 99.7 Å². The van der Waals surface area contributed by atoms with E-state index in [1.807, 2.05) is 42.5 Å². The summed E-state index contributed by atoms with van der Waals surface area (Å²) >= 11 is 1.72. The molecule has 0 spiro atoms. The van der Waals surface area contributed by atoms with Crippen LogP contribution in [-0.2, 0) is 20.9 Å². The number of amidine groups is 1. The molecule has 2 aliphatic rings. The SMILES string of the molecule is CC(C)C[C@H](N=C(N)c1ccc2c(c1)Nc1ccccc1S2)C(=O)N[C@H]1CCOC1OCc1ccc2ccccc2c1.I. The average Bonchev–Trinajstić information content (AvgIpc) is 3.44. The average molecular weight is 709 g/mol. The molecule has 0 saturated carbocycles. The number of para-hydroxylation sites is 1. The molecule has 43 heavy (non-hydrogen) atoms. The highest BCUT2D eigenvalue weighted by atomic mass is 127. The minimum Gasteiger partial charge on any atom is -0.383 e. The molecule has 0 radical (unpaired) electrons.